The third-order valence-corrected chi connectivity index (χ3v) is 8.26. The van der Waals surface area contributed by atoms with Crippen molar-refractivity contribution >= 4 is 10.0 Å². The number of hydrogen-bond donors (Lipinski definition) is 0. The second-order valence-electron chi connectivity index (χ2n) is 8.21. The van der Waals surface area contributed by atoms with Gasteiger partial charge in [0.2, 0.25) is 10.0 Å². The summed E-state index contributed by atoms with van der Waals surface area (Å²) in [5.41, 5.74) is 1.01. The van der Waals surface area contributed by atoms with E-state index in [1.165, 1.54) is 6.42 Å². The van der Waals surface area contributed by atoms with Crippen LogP contribution >= 0.6 is 0 Å². The Morgan fingerprint density at radius 1 is 1.03 bits per heavy atom. The first-order valence-electron chi connectivity index (χ1n) is 10.4. The molecule has 0 aromatic heterocycles. The lowest BCUT2D eigenvalue weighted by Gasteiger charge is -2.39. The van der Waals surface area contributed by atoms with E-state index in [-0.39, 0.29) is 12.5 Å². The van der Waals surface area contributed by atoms with Gasteiger partial charge in [-0.3, -0.25) is 0 Å². The summed E-state index contributed by atoms with van der Waals surface area (Å²) in [6, 6.07) is 16.8. The van der Waals surface area contributed by atoms with E-state index >= 15 is 0 Å². The molecule has 1 aliphatic carbocycles. The fourth-order valence-electron chi connectivity index (χ4n) is 4.70. The Balaban J connectivity index is 1.85. The van der Waals surface area contributed by atoms with E-state index in [0.29, 0.717) is 4.90 Å². The van der Waals surface area contributed by atoms with E-state index in [0.717, 1.165) is 36.8 Å². The number of benzene rings is 2. The minimum atomic E-state index is -3.78. The van der Waals surface area contributed by atoms with Crippen LogP contribution in [0.1, 0.15) is 43.2 Å². The molecule has 2 fully saturated rings. The number of sulfonamides is 1. The van der Waals surface area contributed by atoms with Crippen LogP contribution in [0.25, 0.3) is 0 Å². The van der Waals surface area contributed by atoms with Gasteiger partial charge in [0.05, 0.1) is 11.5 Å². The SMILES string of the molecule is C=C[C@@]1(c2ccccc2)CO[C@H](C2CCCCC2)N1S(=O)(=O)c1ccc(C)cc1. The molecule has 1 saturated carbocycles. The monoisotopic (exact) mass is 411 g/mol. The van der Waals surface area contributed by atoms with E-state index in [9.17, 15) is 8.42 Å². The molecule has 29 heavy (non-hydrogen) atoms. The van der Waals surface area contributed by atoms with Crippen LogP contribution in [-0.2, 0) is 20.3 Å². The molecule has 1 aliphatic heterocycles. The minimum absolute atomic E-state index is 0.203. The summed E-state index contributed by atoms with van der Waals surface area (Å²) >= 11 is 0. The molecule has 4 nitrogen and oxygen atoms in total. The summed E-state index contributed by atoms with van der Waals surface area (Å²) in [6.45, 7) is 6.30. The number of rotatable bonds is 5. The topological polar surface area (TPSA) is 46.6 Å². The minimum Gasteiger partial charge on any atom is -0.359 e. The average Bonchev–Trinajstić information content (AvgIpc) is 3.17. The van der Waals surface area contributed by atoms with Crippen molar-refractivity contribution in [3.05, 3.63) is 78.4 Å². The Bertz CT molecular complexity index is 949. The highest BCUT2D eigenvalue weighted by Crippen LogP contribution is 2.46. The molecule has 2 aromatic rings. The second kappa shape index (κ2) is 8.05. The van der Waals surface area contributed by atoms with Crippen molar-refractivity contribution in [2.75, 3.05) is 6.61 Å². The number of hydrogen-bond acceptors (Lipinski definition) is 3. The smallest absolute Gasteiger partial charge is 0.246 e. The fourth-order valence-corrected chi connectivity index (χ4v) is 6.57. The van der Waals surface area contributed by atoms with E-state index in [4.69, 9.17) is 4.74 Å². The van der Waals surface area contributed by atoms with E-state index in [1.54, 1.807) is 22.5 Å². The summed E-state index contributed by atoms with van der Waals surface area (Å²) < 4.78 is 35.8. The van der Waals surface area contributed by atoms with Gasteiger partial charge in [-0.25, -0.2) is 8.42 Å². The number of aryl methyl sites for hydroxylation is 1. The Labute approximate surface area is 174 Å². The lowest BCUT2D eigenvalue weighted by Crippen LogP contribution is -2.51. The van der Waals surface area contributed by atoms with E-state index in [1.807, 2.05) is 49.4 Å². The van der Waals surface area contributed by atoms with Crippen molar-refractivity contribution in [2.24, 2.45) is 5.92 Å². The standard InChI is InChI=1S/C24H29NO3S/c1-3-24(21-12-8-5-9-13-21)18-28-23(20-10-6-4-7-11-20)25(24)29(26,27)22-16-14-19(2)15-17-22/h3,5,8-9,12-17,20,23H,1,4,6-7,10-11,18H2,2H3/t23-,24+/m1/s1. The van der Waals surface area contributed by atoms with Crippen LogP contribution in [0.3, 0.4) is 0 Å². The van der Waals surface area contributed by atoms with Crippen LogP contribution in [0.5, 0.6) is 0 Å². The molecule has 154 valence electrons. The largest absolute Gasteiger partial charge is 0.359 e. The molecule has 0 amide bonds. The van der Waals surface area contributed by atoms with Gasteiger partial charge in [-0.1, -0.05) is 73.4 Å². The molecule has 0 radical (unpaired) electrons. The molecule has 0 spiro atoms. The van der Waals surface area contributed by atoms with Gasteiger partial charge >= 0.3 is 0 Å². The Morgan fingerprint density at radius 3 is 2.31 bits per heavy atom. The molecule has 2 aliphatic rings. The normalized spacial score (nSPS) is 26.4. The molecule has 2 aromatic carbocycles. The second-order valence-corrected chi connectivity index (χ2v) is 10.0. The zero-order chi connectivity index (χ0) is 20.5. The van der Waals surface area contributed by atoms with Crippen LogP contribution in [0, 0.1) is 12.8 Å². The quantitative estimate of drug-likeness (QED) is 0.650. The highest BCUT2D eigenvalue weighted by molar-refractivity contribution is 7.89. The third-order valence-electron chi connectivity index (χ3n) is 6.34. The molecule has 0 N–H and O–H groups in total. The van der Waals surface area contributed by atoms with Crippen molar-refractivity contribution in [3.63, 3.8) is 0 Å². The van der Waals surface area contributed by atoms with Crippen LogP contribution in [0.15, 0.2) is 72.1 Å². The maximum Gasteiger partial charge on any atom is 0.246 e. The molecular formula is C24H29NO3S. The molecular weight excluding hydrogens is 382 g/mol. The van der Waals surface area contributed by atoms with Gasteiger partial charge in [-0.15, -0.1) is 6.58 Å². The summed E-state index contributed by atoms with van der Waals surface area (Å²) in [5, 5.41) is 0. The highest BCUT2D eigenvalue weighted by atomic mass is 32.2. The van der Waals surface area contributed by atoms with E-state index in [2.05, 4.69) is 6.58 Å². The Morgan fingerprint density at radius 2 is 1.69 bits per heavy atom. The summed E-state index contributed by atoms with van der Waals surface area (Å²) in [6.07, 6.45) is 6.71. The maximum atomic E-state index is 13.9. The zero-order valence-corrected chi connectivity index (χ0v) is 17.8. The molecule has 5 heteroatoms. The lowest BCUT2D eigenvalue weighted by atomic mass is 9.86. The van der Waals surface area contributed by atoms with Gasteiger partial charge in [-0.05, 0) is 43.4 Å². The van der Waals surface area contributed by atoms with Crippen molar-refractivity contribution in [3.8, 4) is 0 Å². The van der Waals surface area contributed by atoms with Gasteiger partial charge < -0.3 is 4.74 Å². The molecule has 4 rings (SSSR count). The van der Waals surface area contributed by atoms with Crippen LogP contribution in [-0.4, -0.2) is 25.6 Å². The molecule has 1 heterocycles. The van der Waals surface area contributed by atoms with Crippen LogP contribution < -0.4 is 0 Å². The molecule has 2 atom stereocenters. The predicted octanol–water partition coefficient (Wildman–Crippen LogP) is 5.00. The Hall–Kier alpha value is -1.95. The van der Waals surface area contributed by atoms with Gasteiger partial charge in [0.15, 0.2) is 0 Å². The van der Waals surface area contributed by atoms with Crippen molar-refractivity contribution in [1.82, 2.24) is 4.31 Å². The lowest BCUT2D eigenvalue weighted by molar-refractivity contribution is 0.00377. The van der Waals surface area contributed by atoms with Crippen LogP contribution in [0.2, 0.25) is 0 Å². The highest BCUT2D eigenvalue weighted by Gasteiger charge is 2.55. The number of ether oxygens (including phenoxy) is 1. The molecule has 1 saturated heterocycles. The van der Waals surface area contributed by atoms with Crippen molar-refractivity contribution in [1.29, 1.82) is 0 Å². The summed E-state index contributed by atoms with van der Waals surface area (Å²) in [5.74, 6) is 0.203. The summed E-state index contributed by atoms with van der Waals surface area (Å²) in [4.78, 5) is 0.302. The average molecular weight is 412 g/mol. The molecule has 0 unspecified atom stereocenters. The number of nitrogens with zero attached hydrogens (tertiary/aromatic N) is 1. The van der Waals surface area contributed by atoms with E-state index < -0.39 is 21.8 Å². The maximum absolute atomic E-state index is 13.9. The third kappa shape index (κ3) is 3.56. The first-order chi connectivity index (χ1) is 14.0. The first-order valence-corrected chi connectivity index (χ1v) is 11.8. The Kier molecular flexibility index (Phi) is 5.65. The van der Waals surface area contributed by atoms with Gasteiger partial charge in [0, 0.05) is 0 Å². The molecule has 0 bridgehead atoms. The predicted molar refractivity (Wildman–Crippen MR) is 115 cm³/mol. The van der Waals surface area contributed by atoms with Crippen LogP contribution in [0.4, 0.5) is 0 Å². The first kappa shape index (κ1) is 20.3. The van der Waals surface area contributed by atoms with Gasteiger partial charge in [-0.2, -0.15) is 4.31 Å². The fraction of sp³-hybridized carbons (Fsp3) is 0.417. The van der Waals surface area contributed by atoms with Gasteiger partial charge in [0.25, 0.3) is 0 Å². The summed E-state index contributed by atoms with van der Waals surface area (Å²) in [7, 11) is -3.78. The van der Waals surface area contributed by atoms with Crippen molar-refractivity contribution < 1.29 is 13.2 Å². The van der Waals surface area contributed by atoms with Gasteiger partial charge in [0.1, 0.15) is 11.8 Å². The van der Waals surface area contributed by atoms with Crippen molar-refractivity contribution in [2.45, 2.75) is 55.7 Å². The zero-order valence-electron chi connectivity index (χ0n) is 17.0.